The number of rotatable bonds is 3. The third-order valence-electron chi connectivity index (χ3n) is 3.91. The van der Waals surface area contributed by atoms with Crippen LogP contribution in [0.15, 0.2) is 24.3 Å². The lowest BCUT2D eigenvalue weighted by atomic mass is 9.81. The lowest BCUT2D eigenvalue weighted by Gasteiger charge is -2.24. The first-order chi connectivity index (χ1) is 6.98. The highest BCUT2D eigenvalue weighted by Crippen LogP contribution is 2.43. The van der Waals surface area contributed by atoms with Gasteiger partial charge in [-0.3, -0.25) is 0 Å². The lowest BCUT2D eigenvalue weighted by Crippen LogP contribution is -2.20. The molecule has 2 N–H and O–H groups in total. The standard InChI is InChI=1S/C14H21N/c1-4-13(2,3)11-5-7-12(8-6-11)14(15)9-10-14/h5-8H,4,9-10,15H2,1-3H3. The Balaban J connectivity index is 2.24. The molecule has 2 rings (SSSR count). The summed E-state index contributed by atoms with van der Waals surface area (Å²) >= 11 is 0. The smallest absolute Gasteiger partial charge is 0.0411 e. The SMILES string of the molecule is CCC(C)(C)c1ccc(C2(N)CC2)cc1. The Morgan fingerprint density at radius 3 is 2.13 bits per heavy atom. The summed E-state index contributed by atoms with van der Waals surface area (Å²) in [6, 6.07) is 8.90. The average Bonchev–Trinajstić information content (AvgIpc) is 2.98. The third kappa shape index (κ3) is 1.93. The maximum Gasteiger partial charge on any atom is 0.0411 e. The van der Waals surface area contributed by atoms with Gasteiger partial charge in [0.1, 0.15) is 0 Å². The Bertz CT molecular complexity index is 344. The molecule has 1 aliphatic rings. The van der Waals surface area contributed by atoms with Crippen LogP contribution in [0.5, 0.6) is 0 Å². The molecule has 1 nitrogen and oxygen atoms in total. The Morgan fingerprint density at radius 2 is 1.73 bits per heavy atom. The molecule has 0 atom stereocenters. The van der Waals surface area contributed by atoms with Gasteiger partial charge in [-0.1, -0.05) is 45.0 Å². The van der Waals surface area contributed by atoms with Crippen LogP contribution in [-0.4, -0.2) is 0 Å². The molecule has 1 aromatic rings. The summed E-state index contributed by atoms with van der Waals surface area (Å²) in [5.41, 5.74) is 9.17. The van der Waals surface area contributed by atoms with Gasteiger partial charge in [0.05, 0.1) is 0 Å². The Labute approximate surface area is 92.7 Å². The quantitative estimate of drug-likeness (QED) is 0.801. The van der Waals surface area contributed by atoms with Crippen molar-refractivity contribution in [1.82, 2.24) is 0 Å². The molecule has 1 heteroatoms. The predicted octanol–water partition coefficient (Wildman–Crippen LogP) is 3.32. The zero-order valence-electron chi connectivity index (χ0n) is 10.0. The first-order valence-corrected chi connectivity index (χ1v) is 5.88. The van der Waals surface area contributed by atoms with E-state index < -0.39 is 0 Å². The van der Waals surface area contributed by atoms with Gasteiger partial charge in [0.2, 0.25) is 0 Å². The van der Waals surface area contributed by atoms with Gasteiger partial charge in [0.25, 0.3) is 0 Å². The number of hydrogen-bond donors (Lipinski definition) is 1. The zero-order valence-corrected chi connectivity index (χ0v) is 10.0. The van der Waals surface area contributed by atoms with Crippen molar-refractivity contribution in [3.63, 3.8) is 0 Å². The van der Waals surface area contributed by atoms with Crippen LogP contribution in [0.3, 0.4) is 0 Å². The van der Waals surface area contributed by atoms with E-state index in [1.165, 1.54) is 17.5 Å². The normalized spacial score (nSPS) is 18.9. The van der Waals surface area contributed by atoms with Crippen molar-refractivity contribution in [2.24, 2.45) is 5.73 Å². The summed E-state index contributed by atoms with van der Waals surface area (Å²) in [6.45, 7) is 6.81. The molecule has 15 heavy (non-hydrogen) atoms. The zero-order chi connectivity index (χ0) is 11.1. The number of benzene rings is 1. The van der Waals surface area contributed by atoms with Crippen LogP contribution in [0.1, 0.15) is 51.2 Å². The van der Waals surface area contributed by atoms with E-state index in [2.05, 4.69) is 45.0 Å². The first-order valence-electron chi connectivity index (χ1n) is 5.88. The summed E-state index contributed by atoms with van der Waals surface area (Å²) in [4.78, 5) is 0. The molecule has 0 spiro atoms. The second-order valence-electron chi connectivity index (χ2n) is 5.47. The van der Waals surface area contributed by atoms with Crippen molar-refractivity contribution in [2.75, 3.05) is 0 Å². The maximum atomic E-state index is 6.16. The summed E-state index contributed by atoms with van der Waals surface area (Å²) in [7, 11) is 0. The monoisotopic (exact) mass is 203 g/mol. The van der Waals surface area contributed by atoms with Gasteiger partial charge in [-0.05, 0) is 35.8 Å². The number of hydrogen-bond acceptors (Lipinski definition) is 1. The van der Waals surface area contributed by atoms with Gasteiger partial charge in [0, 0.05) is 5.54 Å². The van der Waals surface area contributed by atoms with E-state index in [0.717, 1.165) is 12.8 Å². The van der Waals surface area contributed by atoms with Crippen molar-refractivity contribution < 1.29 is 0 Å². The Morgan fingerprint density at radius 1 is 1.20 bits per heavy atom. The molecule has 0 amide bonds. The topological polar surface area (TPSA) is 26.0 Å². The van der Waals surface area contributed by atoms with Crippen LogP contribution in [0.2, 0.25) is 0 Å². The van der Waals surface area contributed by atoms with Crippen molar-refractivity contribution in [3.05, 3.63) is 35.4 Å². The van der Waals surface area contributed by atoms with Gasteiger partial charge in [-0.25, -0.2) is 0 Å². The van der Waals surface area contributed by atoms with Crippen LogP contribution in [-0.2, 0) is 11.0 Å². The highest BCUT2D eigenvalue weighted by molar-refractivity contribution is 5.34. The van der Waals surface area contributed by atoms with E-state index in [1.807, 2.05) is 0 Å². The minimum absolute atomic E-state index is 0.00882. The third-order valence-corrected chi connectivity index (χ3v) is 3.91. The van der Waals surface area contributed by atoms with Crippen molar-refractivity contribution in [2.45, 2.75) is 51.0 Å². The van der Waals surface area contributed by atoms with Gasteiger partial charge < -0.3 is 5.73 Å². The van der Waals surface area contributed by atoms with Crippen molar-refractivity contribution >= 4 is 0 Å². The highest BCUT2D eigenvalue weighted by atomic mass is 14.8. The van der Waals surface area contributed by atoms with E-state index in [-0.39, 0.29) is 11.0 Å². The molecular formula is C14H21N. The first kappa shape index (κ1) is 10.7. The van der Waals surface area contributed by atoms with Crippen LogP contribution in [0, 0.1) is 0 Å². The molecule has 0 aliphatic heterocycles. The molecule has 1 fully saturated rings. The molecule has 0 saturated heterocycles. The van der Waals surface area contributed by atoms with Crippen LogP contribution < -0.4 is 5.73 Å². The lowest BCUT2D eigenvalue weighted by molar-refractivity contribution is 0.506. The van der Waals surface area contributed by atoms with E-state index in [4.69, 9.17) is 5.73 Å². The molecule has 1 aliphatic carbocycles. The van der Waals surface area contributed by atoms with Crippen molar-refractivity contribution in [3.8, 4) is 0 Å². The van der Waals surface area contributed by atoms with Crippen LogP contribution in [0.4, 0.5) is 0 Å². The van der Waals surface area contributed by atoms with Gasteiger partial charge in [-0.2, -0.15) is 0 Å². The van der Waals surface area contributed by atoms with E-state index in [0.29, 0.717) is 0 Å². The molecule has 0 bridgehead atoms. The van der Waals surface area contributed by atoms with Gasteiger partial charge >= 0.3 is 0 Å². The van der Waals surface area contributed by atoms with Crippen LogP contribution >= 0.6 is 0 Å². The average molecular weight is 203 g/mol. The molecular weight excluding hydrogens is 182 g/mol. The fourth-order valence-electron chi connectivity index (χ4n) is 1.88. The van der Waals surface area contributed by atoms with E-state index >= 15 is 0 Å². The van der Waals surface area contributed by atoms with E-state index in [9.17, 15) is 0 Å². The summed E-state index contributed by atoms with van der Waals surface area (Å²) in [6.07, 6.45) is 3.45. The number of nitrogens with two attached hydrogens (primary N) is 1. The van der Waals surface area contributed by atoms with Gasteiger partial charge in [0.15, 0.2) is 0 Å². The summed E-state index contributed by atoms with van der Waals surface area (Å²) in [5.74, 6) is 0. The molecule has 1 aromatic carbocycles. The highest BCUT2D eigenvalue weighted by Gasteiger charge is 2.39. The minimum atomic E-state index is 0.00882. The second kappa shape index (κ2) is 3.34. The van der Waals surface area contributed by atoms with Crippen LogP contribution in [0.25, 0.3) is 0 Å². The summed E-state index contributed by atoms with van der Waals surface area (Å²) < 4.78 is 0. The Kier molecular flexibility index (Phi) is 2.38. The second-order valence-corrected chi connectivity index (χ2v) is 5.47. The Hall–Kier alpha value is -0.820. The maximum absolute atomic E-state index is 6.16. The fourth-order valence-corrected chi connectivity index (χ4v) is 1.88. The predicted molar refractivity (Wildman–Crippen MR) is 64.9 cm³/mol. The largest absolute Gasteiger partial charge is 0.321 e. The van der Waals surface area contributed by atoms with Crippen molar-refractivity contribution in [1.29, 1.82) is 0 Å². The molecule has 0 aromatic heterocycles. The molecule has 0 radical (unpaired) electrons. The summed E-state index contributed by atoms with van der Waals surface area (Å²) in [5, 5.41) is 0. The molecule has 0 unspecified atom stereocenters. The fraction of sp³-hybridized carbons (Fsp3) is 0.571. The molecule has 82 valence electrons. The minimum Gasteiger partial charge on any atom is -0.321 e. The molecule has 0 heterocycles. The van der Waals surface area contributed by atoms with E-state index in [1.54, 1.807) is 0 Å². The molecule has 1 saturated carbocycles. The van der Waals surface area contributed by atoms with Gasteiger partial charge in [-0.15, -0.1) is 0 Å².